The van der Waals surface area contributed by atoms with Crippen LogP contribution in [-0.4, -0.2) is 31.1 Å². The van der Waals surface area contributed by atoms with E-state index in [0.717, 1.165) is 45.1 Å². The number of rotatable bonds is 2. The van der Waals surface area contributed by atoms with Gasteiger partial charge < -0.3 is 10.2 Å². The monoisotopic (exact) mass is 293 g/mol. The summed E-state index contributed by atoms with van der Waals surface area (Å²) in [5, 5.41) is 14.1. The highest BCUT2D eigenvalue weighted by molar-refractivity contribution is 5.53. The van der Waals surface area contributed by atoms with E-state index in [4.69, 9.17) is 0 Å². The van der Waals surface area contributed by atoms with Gasteiger partial charge >= 0.3 is 0 Å². The van der Waals surface area contributed by atoms with Gasteiger partial charge in [-0.3, -0.25) is 10.1 Å². The maximum atomic E-state index is 14.2. The molecular weight excluding hydrogens is 273 g/mol. The molecule has 2 fully saturated rings. The molecule has 0 amide bonds. The molecule has 0 radical (unpaired) electrons. The smallest absolute Gasteiger partial charge is 0.272 e. The lowest BCUT2D eigenvalue weighted by atomic mass is 9.74. The first kappa shape index (κ1) is 14.3. The molecule has 1 aromatic rings. The third-order valence-electron chi connectivity index (χ3n) is 4.70. The molecule has 2 aliphatic rings. The summed E-state index contributed by atoms with van der Waals surface area (Å²) in [6, 6.07) is 3.96. The van der Waals surface area contributed by atoms with Gasteiger partial charge in [0.15, 0.2) is 5.82 Å². The van der Waals surface area contributed by atoms with Gasteiger partial charge in [0.25, 0.3) is 5.69 Å². The predicted octanol–water partition coefficient (Wildman–Crippen LogP) is 2.70. The number of hydrogen-bond donors (Lipinski definition) is 1. The number of nitro benzene ring substituents is 1. The minimum absolute atomic E-state index is 0.192. The zero-order valence-electron chi connectivity index (χ0n) is 12.0. The van der Waals surface area contributed by atoms with Gasteiger partial charge in [0, 0.05) is 31.1 Å². The zero-order valence-corrected chi connectivity index (χ0v) is 12.0. The number of piperidine rings is 2. The normalized spacial score (nSPS) is 26.0. The second-order valence-electron chi connectivity index (χ2n) is 6.20. The maximum Gasteiger partial charge on any atom is 0.272 e. The van der Waals surface area contributed by atoms with Crippen molar-refractivity contribution in [3.8, 4) is 0 Å². The van der Waals surface area contributed by atoms with Crippen molar-refractivity contribution in [1.29, 1.82) is 0 Å². The minimum atomic E-state index is -0.560. The molecule has 2 heterocycles. The lowest BCUT2D eigenvalue weighted by molar-refractivity contribution is -0.385. The summed E-state index contributed by atoms with van der Waals surface area (Å²) >= 11 is 0. The highest BCUT2D eigenvalue weighted by Crippen LogP contribution is 2.38. The number of benzene rings is 1. The molecule has 0 saturated carbocycles. The van der Waals surface area contributed by atoms with Crippen LogP contribution in [0.2, 0.25) is 0 Å². The lowest BCUT2D eigenvalue weighted by Crippen LogP contribution is -2.51. The second-order valence-corrected chi connectivity index (χ2v) is 6.20. The van der Waals surface area contributed by atoms with Gasteiger partial charge in [-0.1, -0.05) is 0 Å². The Hall–Kier alpha value is -1.69. The number of nitrogens with zero attached hydrogens (tertiary/aromatic N) is 2. The Kier molecular flexibility index (Phi) is 3.80. The van der Waals surface area contributed by atoms with Gasteiger partial charge in [-0.05, 0) is 38.3 Å². The van der Waals surface area contributed by atoms with Gasteiger partial charge in [0.1, 0.15) is 0 Å². The average molecular weight is 293 g/mol. The minimum Gasteiger partial charge on any atom is -0.369 e. The number of nitrogens with one attached hydrogen (secondary N) is 1. The highest BCUT2D eigenvalue weighted by atomic mass is 19.1. The summed E-state index contributed by atoms with van der Waals surface area (Å²) < 4.78 is 14.2. The van der Waals surface area contributed by atoms with Gasteiger partial charge in [0.05, 0.1) is 16.7 Å². The van der Waals surface area contributed by atoms with Crippen LogP contribution in [0.25, 0.3) is 0 Å². The molecular formula is C15H20FN3O2. The SMILES string of the molecule is O=[N+]([O-])c1ccc(N2CCCC3(CCCNC3)C2)c(F)c1. The number of non-ortho nitro benzene ring substituents is 1. The zero-order chi connectivity index (χ0) is 14.9. The molecule has 2 saturated heterocycles. The molecule has 0 aromatic heterocycles. The molecule has 21 heavy (non-hydrogen) atoms. The van der Waals surface area contributed by atoms with E-state index in [-0.39, 0.29) is 11.1 Å². The van der Waals surface area contributed by atoms with Crippen LogP contribution in [0, 0.1) is 21.3 Å². The topological polar surface area (TPSA) is 58.4 Å². The lowest BCUT2D eigenvalue weighted by Gasteiger charge is -2.46. The van der Waals surface area contributed by atoms with Crippen LogP contribution in [0.3, 0.4) is 0 Å². The maximum absolute atomic E-state index is 14.2. The Bertz CT molecular complexity index is 538. The molecule has 3 rings (SSSR count). The third-order valence-corrected chi connectivity index (χ3v) is 4.70. The molecule has 1 N–H and O–H groups in total. The molecule has 1 aromatic carbocycles. The van der Waals surface area contributed by atoms with Crippen molar-refractivity contribution < 1.29 is 9.31 Å². The molecule has 5 nitrogen and oxygen atoms in total. The first-order valence-corrected chi connectivity index (χ1v) is 7.49. The Morgan fingerprint density at radius 3 is 2.81 bits per heavy atom. The van der Waals surface area contributed by atoms with E-state index in [0.29, 0.717) is 5.69 Å². The van der Waals surface area contributed by atoms with Gasteiger partial charge in [-0.15, -0.1) is 0 Å². The van der Waals surface area contributed by atoms with Crippen LogP contribution in [0.1, 0.15) is 25.7 Å². The van der Waals surface area contributed by atoms with E-state index >= 15 is 0 Å². The van der Waals surface area contributed by atoms with E-state index in [9.17, 15) is 14.5 Å². The molecule has 0 bridgehead atoms. The van der Waals surface area contributed by atoms with E-state index in [1.54, 1.807) is 6.07 Å². The van der Waals surface area contributed by atoms with E-state index in [1.165, 1.54) is 18.9 Å². The van der Waals surface area contributed by atoms with Crippen molar-refractivity contribution in [2.75, 3.05) is 31.1 Å². The first-order chi connectivity index (χ1) is 10.1. The van der Waals surface area contributed by atoms with Gasteiger partial charge in [0.2, 0.25) is 0 Å². The predicted molar refractivity (Wildman–Crippen MR) is 79.0 cm³/mol. The van der Waals surface area contributed by atoms with Crippen LogP contribution in [0.5, 0.6) is 0 Å². The molecule has 1 spiro atoms. The number of hydrogen-bond acceptors (Lipinski definition) is 4. The van der Waals surface area contributed by atoms with Crippen molar-refractivity contribution in [2.45, 2.75) is 25.7 Å². The Morgan fingerprint density at radius 2 is 2.14 bits per heavy atom. The van der Waals surface area contributed by atoms with Crippen molar-refractivity contribution in [2.24, 2.45) is 5.41 Å². The van der Waals surface area contributed by atoms with Crippen molar-refractivity contribution >= 4 is 11.4 Å². The van der Waals surface area contributed by atoms with Gasteiger partial charge in [-0.2, -0.15) is 0 Å². The largest absolute Gasteiger partial charge is 0.369 e. The van der Waals surface area contributed by atoms with Crippen LogP contribution < -0.4 is 10.2 Å². The summed E-state index contributed by atoms with van der Waals surface area (Å²) in [6.45, 7) is 3.69. The van der Waals surface area contributed by atoms with E-state index in [2.05, 4.69) is 10.2 Å². The summed E-state index contributed by atoms with van der Waals surface area (Å²) in [5.41, 5.74) is 0.526. The molecule has 0 aliphatic carbocycles. The third kappa shape index (κ3) is 2.85. The summed E-state index contributed by atoms with van der Waals surface area (Å²) in [5.74, 6) is -0.495. The number of anilines is 1. The van der Waals surface area contributed by atoms with E-state index < -0.39 is 10.7 Å². The van der Waals surface area contributed by atoms with Gasteiger partial charge in [-0.25, -0.2) is 4.39 Å². The average Bonchev–Trinajstić information content (AvgIpc) is 2.48. The Labute approximate surface area is 123 Å². The summed E-state index contributed by atoms with van der Waals surface area (Å²) in [6.07, 6.45) is 4.55. The fraction of sp³-hybridized carbons (Fsp3) is 0.600. The molecule has 1 unspecified atom stereocenters. The van der Waals surface area contributed by atoms with Crippen LogP contribution >= 0.6 is 0 Å². The summed E-state index contributed by atoms with van der Waals surface area (Å²) in [4.78, 5) is 12.2. The fourth-order valence-corrected chi connectivity index (χ4v) is 3.66. The van der Waals surface area contributed by atoms with Crippen LogP contribution in [0.4, 0.5) is 15.8 Å². The highest BCUT2D eigenvalue weighted by Gasteiger charge is 2.37. The molecule has 1 atom stereocenters. The first-order valence-electron chi connectivity index (χ1n) is 7.49. The number of halogens is 1. The van der Waals surface area contributed by atoms with Crippen LogP contribution in [-0.2, 0) is 0 Å². The fourth-order valence-electron chi connectivity index (χ4n) is 3.66. The van der Waals surface area contributed by atoms with E-state index in [1.807, 2.05) is 0 Å². The molecule has 114 valence electrons. The van der Waals surface area contributed by atoms with Crippen molar-refractivity contribution in [1.82, 2.24) is 5.32 Å². The second kappa shape index (κ2) is 5.60. The quantitative estimate of drug-likeness (QED) is 0.673. The molecule has 6 heteroatoms. The molecule has 2 aliphatic heterocycles. The van der Waals surface area contributed by atoms with Crippen molar-refractivity contribution in [3.05, 3.63) is 34.1 Å². The summed E-state index contributed by atoms with van der Waals surface area (Å²) in [7, 11) is 0. The number of nitro groups is 1. The standard InChI is InChI=1S/C15H20FN3O2/c16-13-9-12(19(20)21)3-4-14(13)18-8-2-6-15(11-18)5-1-7-17-10-15/h3-4,9,17H,1-2,5-8,10-11H2. The Balaban J connectivity index is 1.81. The Morgan fingerprint density at radius 1 is 1.33 bits per heavy atom. The van der Waals surface area contributed by atoms with Crippen molar-refractivity contribution in [3.63, 3.8) is 0 Å². The van der Waals surface area contributed by atoms with Crippen LogP contribution in [0.15, 0.2) is 18.2 Å².